The summed E-state index contributed by atoms with van der Waals surface area (Å²) in [4.78, 5) is 4.40. The molecule has 2 nitrogen and oxygen atoms in total. The van der Waals surface area contributed by atoms with E-state index in [0.717, 1.165) is 0 Å². The number of nitrogens with zero attached hydrogens (tertiary/aromatic N) is 1. The predicted molar refractivity (Wildman–Crippen MR) is 50.3 cm³/mol. The molecule has 0 spiro atoms. The third kappa shape index (κ3) is 0.840. The average molecular weight is 162 g/mol. The van der Waals surface area contributed by atoms with Gasteiger partial charge in [0, 0.05) is 17.7 Å². The van der Waals surface area contributed by atoms with Gasteiger partial charge in [-0.1, -0.05) is 13.8 Å². The van der Waals surface area contributed by atoms with E-state index in [1.54, 1.807) is 0 Å². The Morgan fingerprint density at radius 3 is 2.92 bits per heavy atom. The highest BCUT2D eigenvalue weighted by Gasteiger charge is 2.37. The van der Waals surface area contributed by atoms with Gasteiger partial charge in [-0.3, -0.25) is 4.98 Å². The van der Waals surface area contributed by atoms with Crippen LogP contribution < -0.4 is 5.32 Å². The van der Waals surface area contributed by atoms with E-state index in [0.29, 0.717) is 6.04 Å². The summed E-state index contributed by atoms with van der Waals surface area (Å²) in [5, 5.41) is 3.43. The van der Waals surface area contributed by atoms with Crippen molar-refractivity contribution in [2.24, 2.45) is 0 Å². The first-order chi connectivity index (χ1) is 5.62. The molecule has 1 aromatic heterocycles. The van der Waals surface area contributed by atoms with Gasteiger partial charge in [-0.15, -0.1) is 0 Å². The molecule has 0 fully saturated rings. The molecule has 1 aliphatic rings. The number of nitrogens with one attached hydrogen (secondary N) is 1. The van der Waals surface area contributed by atoms with Gasteiger partial charge in [0.05, 0.1) is 11.4 Å². The Bertz CT molecular complexity index is 304. The van der Waals surface area contributed by atoms with Crippen LogP contribution in [-0.4, -0.2) is 11.0 Å². The van der Waals surface area contributed by atoms with E-state index in [9.17, 15) is 0 Å². The first kappa shape index (κ1) is 7.59. The standard InChI is InChI=1S/C10H14N2/c1-7-10(2,3)9-8(12-7)5-4-6-11-9/h4-7,12H,1-3H3. The summed E-state index contributed by atoms with van der Waals surface area (Å²) in [6, 6.07) is 4.54. The quantitative estimate of drug-likeness (QED) is 0.632. The molecule has 1 unspecified atom stereocenters. The molecule has 0 radical (unpaired) electrons. The summed E-state index contributed by atoms with van der Waals surface area (Å²) >= 11 is 0. The molecule has 1 atom stereocenters. The third-order valence-corrected chi connectivity index (χ3v) is 2.87. The van der Waals surface area contributed by atoms with Crippen molar-refractivity contribution in [1.29, 1.82) is 0 Å². The molecule has 0 aliphatic carbocycles. The molecule has 0 saturated carbocycles. The van der Waals surface area contributed by atoms with Crippen molar-refractivity contribution in [3.05, 3.63) is 24.0 Å². The van der Waals surface area contributed by atoms with Crippen LogP contribution in [0.1, 0.15) is 26.5 Å². The Hall–Kier alpha value is -1.05. The number of rotatable bonds is 0. The van der Waals surface area contributed by atoms with Crippen molar-refractivity contribution < 1.29 is 0 Å². The largest absolute Gasteiger partial charge is 0.380 e. The molecule has 0 bridgehead atoms. The lowest BCUT2D eigenvalue weighted by molar-refractivity contribution is 0.474. The second kappa shape index (κ2) is 2.22. The zero-order valence-corrected chi connectivity index (χ0v) is 7.76. The van der Waals surface area contributed by atoms with E-state index in [2.05, 4.69) is 37.1 Å². The van der Waals surface area contributed by atoms with Crippen molar-refractivity contribution >= 4 is 5.69 Å². The normalized spacial score (nSPS) is 24.8. The minimum Gasteiger partial charge on any atom is -0.380 e. The Labute approximate surface area is 73.0 Å². The van der Waals surface area contributed by atoms with Gasteiger partial charge in [-0.05, 0) is 19.1 Å². The second-order valence-electron chi connectivity index (χ2n) is 3.99. The lowest BCUT2D eigenvalue weighted by atomic mass is 9.85. The Balaban J connectivity index is 2.55. The molecule has 2 rings (SSSR count). The SMILES string of the molecule is CC1Nc2cccnc2C1(C)C. The van der Waals surface area contributed by atoms with Gasteiger partial charge >= 0.3 is 0 Å². The molecular formula is C10H14N2. The Morgan fingerprint density at radius 2 is 2.25 bits per heavy atom. The summed E-state index contributed by atoms with van der Waals surface area (Å²) < 4.78 is 0. The number of anilines is 1. The summed E-state index contributed by atoms with van der Waals surface area (Å²) in [5.41, 5.74) is 2.55. The molecule has 1 aromatic rings. The monoisotopic (exact) mass is 162 g/mol. The molecule has 1 N–H and O–H groups in total. The van der Waals surface area contributed by atoms with E-state index >= 15 is 0 Å². The van der Waals surface area contributed by atoms with Crippen molar-refractivity contribution in [3.63, 3.8) is 0 Å². The smallest absolute Gasteiger partial charge is 0.0711 e. The number of aromatic nitrogens is 1. The molecule has 2 heterocycles. The maximum Gasteiger partial charge on any atom is 0.0711 e. The molecule has 12 heavy (non-hydrogen) atoms. The summed E-state index contributed by atoms with van der Waals surface area (Å²) in [6.07, 6.45) is 1.86. The van der Waals surface area contributed by atoms with Gasteiger partial charge < -0.3 is 5.32 Å². The first-order valence-electron chi connectivity index (χ1n) is 4.34. The highest BCUT2D eigenvalue weighted by molar-refractivity contribution is 5.57. The van der Waals surface area contributed by atoms with Crippen LogP contribution in [0.3, 0.4) is 0 Å². The van der Waals surface area contributed by atoms with Gasteiger partial charge in [-0.25, -0.2) is 0 Å². The number of hydrogen-bond donors (Lipinski definition) is 1. The topological polar surface area (TPSA) is 24.9 Å². The van der Waals surface area contributed by atoms with Gasteiger partial charge in [-0.2, -0.15) is 0 Å². The Morgan fingerprint density at radius 1 is 1.50 bits per heavy atom. The van der Waals surface area contributed by atoms with Crippen LogP contribution in [-0.2, 0) is 5.41 Å². The van der Waals surface area contributed by atoms with E-state index in [1.165, 1.54) is 11.4 Å². The lowest BCUT2D eigenvalue weighted by Crippen LogP contribution is -2.30. The highest BCUT2D eigenvalue weighted by Crippen LogP contribution is 2.38. The molecule has 2 heteroatoms. The number of fused-ring (bicyclic) bond motifs is 1. The van der Waals surface area contributed by atoms with Crippen LogP contribution in [0, 0.1) is 0 Å². The molecule has 0 saturated heterocycles. The van der Waals surface area contributed by atoms with Crippen LogP contribution >= 0.6 is 0 Å². The van der Waals surface area contributed by atoms with Crippen LogP contribution in [0.2, 0.25) is 0 Å². The predicted octanol–water partition coefficient (Wildman–Crippen LogP) is 2.17. The third-order valence-electron chi connectivity index (χ3n) is 2.87. The molecule has 0 aromatic carbocycles. The van der Waals surface area contributed by atoms with Crippen molar-refractivity contribution in [1.82, 2.24) is 4.98 Å². The van der Waals surface area contributed by atoms with E-state index in [-0.39, 0.29) is 5.41 Å². The zero-order valence-electron chi connectivity index (χ0n) is 7.76. The van der Waals surface area contributed by atoms with E-state index in [4.69, 9.17) is 0 Å². The van der Waals surface area contributed by atoms with Gasteiger partial charge in [0.25, 0.3) is 0 Å². The van der Waals surface area contributed by atoms with Gasteiger partial charge in [0.15, 0.2) is 0 Å². The van der Waals surface area contributed by atoms with E-state index < -0.39 is 0 Å². The molecule has 1 aliphatic heterocycles. The molecule has 64 valence electrons. The maximum absolute atomic E-state index is 4.40. The zero-order chi connectivity index (χ0) is 8.77. The fourth-order valence-corrected chi connectivity index (χ4v) is 1.65. The fourth-order valence-electron chi connectivity index (χ4n) is 1.65. The van der Waals surface area contributed by atoms with E-state index in [1.807, 2.05) is 12.3 Å². The number of pyridine rings is 1. The van der Waals surface area contributed by atoms with Crippen LogP contribution in [0.25, 0.3) is 0 Å². The van der Waals surface area contributed by atoms with Gasteiger partial charge in [0.2, 0.25) is 0 Å². The fraction of sp³-hybridized carbons (Fsp3) is 0.500. The van der Waals surface area contributed by atoms with Gasteiger partial charge in [0.1, 0.15) is 0 Å². The average Bonchev–Trinajstić information content (AvgIpc) is 2.25. The van der Waals surface area contributed by atoms with Crippen LogP contribution in [0.4, 0.5) is 5.69 Å². The minimum absolute atomic E-state index is 0.163. The van der Waals surface area contributed by atoms with Crippen LogP contribution in [0.15, 0.2) is 18.3 Å². The maximum atomic E-state index is 4.40. The molecule has 0 amide bonds. The van der Waals surface area contributed by atoms with Crippen molar-refractivity contribution in [3.8, 4) is 0 Å². The van der Waals surface area contributed by atoms with Crippen molar-refractivity contribution in [2.75, 3.05) is 5.32 Å². The Kier molecular flexibility index (Phi) is 1.40. The lowest BCUT2D eigenvalue weighted by Gasteiger charge is -2.22. The summed E-state index contributed by atoms with van der Waals surface area (Å²) in [7, 11) is 0. The molecular weight excluding hydrogens is 148 g/mol. The van der Waals surface area contributed by atoms with Crippen LogP contribution in [0.5, 0.6) is 0 Å². The summed E-state index contributed by atoms with van der Waals surface area (Å²) in [6.45, 7) is 6.65. The highest BCUT2D eigenvalue weighted by atomic mass is 15.0. The first-order valence-corrected chi connectivity index (χ1v) is 4.34. The number of hydrogen-bond acceptors (Lipinski definition) is 2. The summed E-state index contributed by atoms with van der Waals surface area (Å²) in [5.74, 6) is 0. The van der Waals surface area contributed by atoms with Crippen molar-refractivity contribution in [2.45, 2.75) is 32.2 Å². The minimum atomic E-state index is 0.163. The second-order valence-corrected chi connectivity index (χ2v) is 3.99.